The van der Waals surface area contributed by atoms with Crippen molar-refractivity contribution in [2.24, 2.45) is 0 Å². The number of para-hydroxylation sites is 1. The Balaban J connectivity index is 1.38. The number of aromatic nitrogens is 1. The number of thioether (sulfide) groups is 1. The van der Waals surface area contributed by atoms with Gasteiger partial charge in [0.15, 0.2) is 0 Å². The summed E-state index contributed by atoms with van der Waals surface area (Å²) in [4.78, 5) is 33.7. The van der Waals surface area contributed by atoms with Crippen molar-refractivity contribution < 1.29 is 14.3 Å². The van der Waals surface area contributed by atoms with Crippen LogP contribution in [0.3, 0.4) is 0 Å². The molecule has 10 heteroatoms. The van der Waals surface area contributed by atoms with E-state index in [2.05, 4.69) is 11.4 Å². The average Bonchev–Trinajstić information content (AvgIpc) is 3.44. The molecular weight excluding hydrogens is 522 g/mol. The molecule has 1 N–H and O–H groups in total. The van der Waals surface area contributed by atoms with Gasteiger partial charge in [-0.25, -0.2) is 9.78 Å². The van der Waals surface area contributed by atoms with Crippen LogP contribution < -0.4 is 5.32 Å². The largest absolute Gasteiger partial charge is 0.453 e. The fourth-order valence-electron chi connectivity index (χ4n) is 3.96. The second kappa shape index (κ2) is 10.6. The summed E-state index contributed by atoms with van der Waals surface area (Å²) in [6.45, 7) is 1.03. The molecule has 35 heavy (non-hydrogen) atoms. The molecule has 6 nitrogen and oxygen atoms in total. The van der Waals surface area contributed by atoms with Gasteiger partial charge in [-0.05, 0) is 48.4 Å². The van der Waals surface area contributed by atoms with Crippen LogP contribution in [0, 0.1) is 0 Å². The lowest BCUT2D eigenvalue weighted by Crippen LogP contribution is -2.35. The zero-order valence-corrected chi connectivity index (χ0v) is 22.1. The Morgan fingerprint density at radius 1 is 1.17 bits per heavy atom. The van der Waals surface area contributed by atoms with Crippen molar-refractivity contribution in [3.8, 4) is 10.6 Å². The highest BCUT2D eigenvalue weighted by atomic mass is 35.5. The third-order valence-corrected chi connectivity index (χ3v) is 9.11. The molecule has 2 aromatic carbocycles. The van der Waals surface area contributed by atoms with Crippen molar-refractivity contribution in [2.45, 2.75) is 24.3 Å². The molecule has 3 heterocycles. The Kier molecular flexibility index (Phi) is 7.29. The molecule has 0 aliphatic carbocycles. The Morgan fingerprint density at radius 2 is 1.97 bits per heavy atom. The number of nitrogens with one attached hydrogen (secondary N) is 1. The van der Waals surface area contributed by atoms with Gasteiger partial charge in [0.05, 0.1) is 23.9 Å². The highest BCUT2D eigenvalue weighted by Gasteiger charge is 2.29. The van der Waals surface area contributed by atoms with Crippen LogP contribution in [0.4, 0.5) is 9.80 Å². The van der Waals surface area contributed by atoms with E-state index in [1.807, 2.05) is 42.5 Å². The quantitative estimate of drug-likeness (QED) is 0.267. The Morgan fingerprint density at radius 3 is 2.74 bits per heavy atom. The number of amides is 2. The smallest absolute Gasteiger partial charge is 0.409 e. The van der Waals surface area contributed by atoms with Crippen LogP contribution in [0.2, 0.25) is 5.02 Å². The van der Waals surface area contributed by atoms with E-state index >= 15 is 0 Å². The monoisotopic (exact) mass is 543 g/mol. The first-order valence-electron chi connectivity index (χ1n) is 11.0. The van der Waals surface area contributed by atoms with Crippen molar-refractivity contribution in [3.05, 3.63) is 64.0 Å². The molecule has 0 bridgehead atoms. The van der Waals surface area contributed by atoms with Gasteiger partial charge < -0.3 is 15.0 Å². The van der Waals surface area contributed by atoms with E-state index in [-0.39, 0.29) is 12.0 Å². The third kappa shape index (κ3) is 5.33. The van der Waals surface area contributed by atoms with Crippen LogP contribution in [0.25, 0.3) is 20.8 Å². The zero-order chi connectivity index (χ0) is 24.4. The van der Waals surface area contributed by atoms with Crippen LogP contribution >= 0.6 is 46.0 Å². The van der Waals surface area contributed by atoms with Crippen molar-refractivity contribution in [1.82, 2.24) is 9.88 Å². The van der Waals surface area contributed by atoms with Crippen molar-refractivity contribution in [2.75, 3.05) is 24.7 Å². The van der Waals surface area contributed by atoms with Gasteiger partial charge in [-0.1, -0.05) is 23.7 Å². The van der Waals surface area contributed by atoms with E-state index < -0.39 is 0 Å². The molecular formula is C25H22ClN3O3S3. The number of methoxy groups -OCH3 is 1. The summed E-state index contributed by atoms with van der Waals surface area (Å²) in [5.41, 5.74) is 3.07. The molecule has 0 saturated carbocycles. The number of carbonyl (C=O) groups excluding carboxylic acids is 2. The summed E-state index contributed by atoms with van der Waals surface area (Å²) in [7, 11) is 1.40. The van der Waals surface area contributed by atoms with Crippen LogP contribution in [-0.4, -0.2) is 41.3 Å². The summed E-state index contributed by atoms with van der Waals surface area (Å²) < 4.78 is 6.02. The SMILES string of the molecule is COC(=O)N1CCc2c(sc(NC(=O)CCSc3ccc(Cl)cc3)c2-c2nc3ccccc3s2)C1. The number of hydrogen-bond acceptors (Lipinski definition) is 7. The molecule has 2 amide bonds. The van der Waals surface area contributed by atoms with Crippen LogP contribution in [0.15, 0.2) is 53.4 Å². The fraction of sp³-hybridized carbons (Fsp3) is 0.240. The van der Waals surface area contributed by atoms with Gasteiger partial charge in [-0.3, -0.25) is 4.79 Å². The summed E-state index contributed by atoms with van der Waals surface area (Å²) in [6.07, 6.45) is 0.730. The standard InChI is InChI=1S/C25H22ClN3O3S3/c1-32-25(31)29-12-10-17-20(14-29)35-24(22(17)23-27-18-4-2-3-5-19(18)34-23)28-21(30)11-13-33-16-8-6-15(26)7-9-16/h2-9H,10-14H2,1H3,(H,28,30). The first-order valence-corrected chi connectivity index (χ1v) is 14.0. The molecule has 0 spiro atoms. The number of nitrogens with zero attached hydrogens (tertiary/aromatic N) is 2. The number of hydrogen-bond donors (Lipinski definition) is 1. The van der Waals surface area contributed by atoms with Gasteiger partial charge in [0.25, 0.3) is 0 Å². The highest BCUT2D eigenvalue weighted by Crippen LogP contribution is 2.45. The molecule has 0 atom stereocenters. The maximum Gasteiger partial charge on any atom is 0.409 e. The van der Waals surface area contributed by atoms with E-state index in [1.165, 1.54) is 18.4 Å². The number of fused-ring (bicyclic) bond motifs is 2. The van der Waals surface area contributed by atoms with Gasteiger partial charge >= 0.3 is 6.09 Å². The van der Waals surface area contributed by atoms with Gasteiger partial charge in [-0.2, -0.15) is 0 Å². The van der Waals surface area contributed by atoms with E-state index in [9.17, 15) is 9.59 Å². The number of rotatable bonds is 6. The van der Waals surface area contributed by atoms with E-state index in [1.54, 1.807) is 28.0 Å². The maximum atomic E-state index is 12.9. The topological polar surface area (TPSA) is 71.5 Å². The lowest BCUT2D eigenvalue weighted by atomic mass is 10.0. The Bertz CT molecular complexity index is 1350. The predicted molar refractivity (Wildman–Crippen MR) is 145 cm³/mol. The normalized spacial score (nSPS) is 13.0. The van der Waals surface area contributed by atoms with Gasteiger partial charge in [-0.15, -0.1) is 34.4 Å². The minimum atomic E-state index is -0.338. The Hall–Kier alpha value is -2.59. The molecule has 1 aliphatic rings. The molecule has 5 rings (SSSR count). The number of thiazole rings is 1. The molecule has 180 valence electrons. The molecule has 0 fully saturated rings. The summed E-state index contributed by atoms with van der Waals surface area (Å²) >= 11 is 10.7. The molecule has 1 aliphatic heterocycles. The van der Waals surface area contributed by atoms with Gasteiger partial charge in [0.2, 0.25) is 5.91 Å². The van der Waals surface area contributed by atoms with E-state index in [4.69, 9.17) is 21.3 Å². The molecule has 0 unspecified atom stereocenters. The van der Waals surface area contributed by atoms with E-state index in [0.29, 0.717) is 36.7 Å². The first-order chi connectivity index (χ1) is 17.0. The maximum absolute atomic E-state index is 12.9. The minimum Gasteiger partial charge on any atom is -0.453 e. The number of anilines is 1. The number of halogens is 1. The highest BCUT2D eigenvalue weighted by molar-refractivity contribution is 7.99. The van der Waals surface area contributed by atoms with Crippen LogP contribution in [0.1, 0.15) is 16.9 Å². The predicted octanol–water partition coefficient (Wildman–Crippen LogP) is 6.92. The van der Waals surface area contributed by atoms with Gasteiger partial charge in [0, 0.05) is 39.1 Å². The van der Waals surface area contributed by atoms with E-state index in [0.717, 1.165) is 41.1 Å². The van der Waals surface area contributed by atoms with Gasteiger partial charge in [0.1, 0.15) is 10.0 Å². The number of thiophene rings is 1. The Labute approximate surface area is 220 Å². The number of ether oxygens (including phenoxy) is 1. The number of benzene rings is 2. The minimum absolute atomic E-state index is 0.0442. The molecule has 0 saturated heterocycles. The van der Waals surface area contributed by atoms with Crippen molar-refractivity contribution in [1.29, 1.82) is 0 Å². The zero-order valence-electron chi connectivity index (χ0n) is 18.9. The van der Waals surface area contributed by atoms with Crippen LogP contribution in [0.5, 0.6) is 0 Å². The number of carbonyl (C=O) groups is 2. The second-order valence-corrected chi connectivity index (χ2v) is 11.7. The average molecular weight is 544 g/mol. The second-order valence-electron chi connectivity index (χ2n) is 7.94. The fourth-order valence-corrected chi connectivity index (χ4v) is 7.33. The van der Waals surface area contributed by atoms with Crippen LogP contribution in [-0.2, 0) is 22.5 Å². The van der Waals surface area contributed by atoms with Crippen molar-refractivity contribution >= 4 is 73.3 Å². The summed E-state index contributed by atoms with van der Waals surface area (Å²) in [5, 5.41) is 5.52. The molecule has 2 aromatic heterocycles. The summed E-state index contributed by atoms with van der Waals surface area (Å²) in [5.74, 6) is 0.614. The lowest BCUT2D eigenvalue weighted by molar-refractivity contribution is -0.115. The lowest BCUT2D eigenvalue weighted by Gasteiger charge is -2.25. The first kappa shape index (κ1) is 24.1. The van der Waals surface area contributed by atoms with Crippen molar-refractivity contribution in [3.63, 3.8) is 0 Å². The third-order valence-electron chi connectivity index (χ3n) is 5.66. The molecule has 0 radical (unpaired) electrons. The summed E-state index contributed by atoms with van der Waals surface area (Å²) in [6, 6.07) is 15.6. The molecule has 4 aromatic rings.